The largest absolute Gasteiger partial charge is 0.322 e. The highest BCUT2D eigenvalue weighted by atomic mass is 16.2. The Kier molecular flexibility index (Phi) is 5.36. The second-order valence-electron chi connectivity index (χ2n) is 6.62. The summed E-state index contributed by atoms with van der Waals surface area (Å²) in [6.07, 6.45) is 0. The van der Waals surface area contributed by atoms with Gasteiger partial charge in [-0.1, -0.05) is 35.9 Å². The molecular weight excluding hydrogens is 336 g/mol. The van der Waals surface area contributed by atoms with Crippen LogP contribution in [0.15, 0.2) is 66.7 Å². The molecule has 0 aliphatic rings. The Morgan fingerprint density at radius 3 is 1.67 bits per heavy atom. The zero-order chi connectivity index (χ0) is 19.4. The summed E-state index contributed by atoms with van der Waals surface area (Å²) >= 11 is 0. The van der Waals surface area contributed by atoms with Gasteiger partial charge in [0.2, 0.25) is 0 Å². The van der Waals surface area contributed by atoms with E-state index in [9.17, 15) is 9.59 Å². The number of carbonyl (C=O) groups excluding carboxylic acids is 2. The van der Waals surface area contributed by atoms with Crippen molar-refractivity contribution >= 4 is 23.2 Å². The van der Waals surface area contributed by atoms with Crippen molar-refractivity contribution in [1.82, 2.24) is 0 Å². The molecule has 0 aliphatic heterocycles. The number of aryl methyl sites for hydroxylation is 3. The van der Waals surface area contributed by atoms with Gasteiger partial charge in [-0.2, -0.15) is 0 Å². The average molecular weight is 358 g/mol. The Balaban J connectivity index is 1.70. The van der Waals surface area contributed by atoms with Gasteiger partial charge in [0.05, 0.1) is 0 Å². The van der Waals surface area contributed by atoms with E-state index in [-0.39, 0.29) is 11.8 Å². The van der Waals surface area contributed by atoms with Gasteiger partial charge in [-0.15, -0.1) is 0 Å². The molecule has 0 aromatic heterocycles. The molecule has 2 N–H and O–H groups in total. The predicted octanol–water partition coefficient (Wildman–Crippen LogP) is 5.12. The van der Waals surface area contributed by atoms with Gasteiger partial charge in [-0.3, -0.25) is 9.59 Å². The monoisotopic (exact) mass is 358 g/mol. The van der Waals surface area contributed by atoms with E-state index in [1.165, 1.54) is 0 Å². The molecule has 0 radical (unpaired) electrons. The van der Waals surface area contributed by atoms with Crippen molar-refractivity contribution < 1.29 is 9.59 Å². The summed E-state index contributed by atoms with van der Waals surface area (Å²) in [5.74, 6) is -0.404. The Morgan fingerprint density at radius 1 is 0.630 bits per heavy atom. The number of para-hydroxylation sites is 1. The zero-order valence-electron chi connectivity index (χ0n) is 15.7. The van der Waals surface area contributed by atoms with Crippen molar-refractivity contribution in [1.29, 1.82) is 0 Å². The third-order valence-electron chi connectivity index (χ3n) is 4.43. The van der Waals surface area contributed by atoms with Crippen molar-refractivity contribution in [2.24, 2.45) is 0 Å². The summed E-state index contributed by atoms with van der Waals surface area (Å²) in [6, 6.07) is 20.1. The minimum Gasteiger partial charge on any atom is -0.322 e. The highest BCUT2D eigenvalue weighted by Gasteiger charge is 2.11. The van der Waals surface area contributed by atoms with Gasteiger partial charge >= 0.3 is 0 Å². The third kappa shape index (κ3) is 4.42. The van der Waals surface area contributed by atoms with Crippen LogP contribution in [-0.2, 0) is 0 Å². The second kappa shape index (κ2) is 7.87. The van der Waals surface area contributed by atoms with Crippen LogP contribution >= 0.6 is 0 Å². The molecule has 3 aromatic carbocycles. The van der Waals surface area contributed by atoms with Crippen LogP contribution < -0.4 is 10.6 Å². The molecule has 136 valence electrons. The summed E-state index contributed by atoms with van der Waals surface area (Å²) in [5, 5.41) is 5.80. The summed E-state index contributed by atoms with van der Waals surface area (Å²) in [6.45, 7) is 5.91. The highest BCUT2D eigenvalue weighted by molar-refractivity contribution is 6.07. The smallest absolute Gasteiger partial charge is 0.255 e. The summed E-state index contributed by atoms with van der Waals surface area (Å²) in [7, 11) is 0. The molecule has 0 spiro atoms. The molecule has 3 aromatic rings. The average Bonchev–Trinajstić information content (AvgIpc) is 2.66. The van der Waals surface area contributed by atoms with E-state index in [4.69, 9.17) is 0 Å². The van der Waals surface area contributed by atoms with E-state index in [0.29, 0.717) is 11.1 Å². The number of nitrogens with one attached hydrogen (secondary N) is 2. The van der Waals surface area contributed by atoms with E-state index in [0.717, 1.165) is 28.1 Å². The molecule has 0 unspecified atom stereocenters. The van der Waals surface area contributed by atoms with Crippen molar-refractivity contribution in [2.45, 2.75) is 20.8 Å². The predicted molar refractivity (Wildman–Crippen MR) is 109 cm³/mol. The quantitative estimate of drug-likeness (QED) is 0.680. The molecule has 4 heteroatoms. The fourth-order valence-corrected chi connectivity index (χ4v) is 2.83. The summed E-state index contributed by atoms with van der Waals surface area (Å²) < 4.78 is 0. The Bertz CT molecular complexity index is 992. The van der Waals surface area contributed by atoms with E-state index < -0.39 is 0 Å². The van der Waals surface area contributed by atoms with Gasteiger partial charge < -0.3 is 10.6 Å². The van der Waals surface area contributed by atoms with Gasteiger partial charge in [-0.05, 0) is 68.3 Å². The highest BCUT2D eigenvalue weighted by Crippen LogP contribution is 2.18. The number of amides is 2. The van der Waals surface area contributed by atoms with Crippen molar-refractivity contribution in [3.05, 3.63) is 94.5 Å². The zero-order valence-corrected chi connectivity index (χ0v) is 15.7. The molecule has 2 amide bonds. The van der Waals surface area contributed by atoms with Crippen LogP contribution in [0, 0.1) is 20.8 Å². The van der Waals surface area contributed by atoms with Gasteiger partial charge in [0.25, 0.3) is 11.8 Å². The minimum atomic E-state index is -0.203. The number of hydrogen-bond donors (Lipinski definition) is 2. The maximum Gasteiger partial charge on any atom is 0.255 e. The molecule has 0 heterocycles. The van der Waals surface area contributed by atoms with Crippen molar-refractivity contribution in [3.63, 3.8) is 0 Å². The molecule has 4 nitrogen and oxygen atoms in total. The van der Waals surface area contributed by atoms with Crippen LogP contribution in [0.2, 0.25) is 0 Å². The topological polar surface area (TPSA) is 58.2 Å². The first-order chi connectivity index (χ1) is 12.9. The van der Waals surface area contributed by atoms with Crippen LogP contribution in [0.4, 0.5) is 11.4 Å². The minimum absolute atomic E-state index is 0.201. The molecule has 0 bridgehead atoms. The van der Waals surface area contributed by atoms with Gasteiger partial charge in [0, 0.05) is 22.5 Å². The maximum absolute atomic E-state index is 12.5. The Labute approximate surface area is 159 Å². The number of anilines is 2. The van der Waals surface area contributed by atoms with E-state index >= 15 is 0 Å². The van der Waals surface area contributed by atoms with E-state index in [1.54, 1.807) is 24.3 Å². The van der Waals surface area contributed by atoms with Crippen molar-refractivity contribution in [3.8, 4) is 0 Å². The number of hydrogen-bond acceptors (Lipinski definition) is 2. The lowest BCUT2D eigenvalue weighted by Gasteiger charge is -2.10. The van der Waals surface area contributed by atoms with Gasteiger partial charge in [0.15, 0.2) is 0 Å². The third-order valence-corrected chi connectivity index (χ3v) is 4.43. The number of rotatable bonds is 4. The molecule has 0 fully saturated rings. The first kappa shape index (κ1) is 18.4. The fourth-order valence-electron chi connectivity index (χ4n) is 2.83. The lowest BCUT2D eigenvalue weighted by Crippen LogP contribution is -2.15. The number of benzene rings is 3. The molecule has 0 aliphatic carbocycles. The standard InChI is InChI=1S/C23H22N2O2/c1-15-8-13-21(17(3)14-15)25-23(27)19-11-9-18(10-12-19)22(26)24-20-7-5-4-6-16(20)2/h4-14H,1-3H3,(H,24,26)(H,25,27). The normalized spacial score (nSPS) is 10.3. The molecule has 3 rings (SSSR count). The van der Waals surface area contributed by atoms with Crippen LogP contribution in [0.1, 0.15) is 37.4 Å². The molecule has 0 saturated heterocycles. The lowest BCUT2D eigenvalue weighted by molar-refractivity contribution is 0.101. The van der Waals surface area contributed by atoms with Crippen LogP contribution in [0.5, 0.6) is 0 Å². The van der Waals surface area contributed by atoms with Crippen LogP contribution in [0.3, 0.4) is 0 Å². The van der Waals surface area contributed by atoms with Crippen LogP contribution in [-0.4, -0.2) is 11.8 Å². The summed E-state index contributed by atoms with van der Waals surface area (Å²) in [4.78, 5) is 24.9. The first-order valence-electron chi connectivity index (χ1n) is 8.79. The van der Waals surface area contributed by atoms with Crippen molar-refractivity contribution in [2.75, 3.05) is 10.6 Å². The summed E-state index contributed by atoms with van der Waals surface area (Å²) in [5.41, 5.74) is 5.72. The fraction of sp³-hybridized carbons (Fsp3) is 0.130. The van der Waals surface area contributed by atoms with Gasteiger partial charge in [0.1, 0.15) is 0 Å². The molecule has 0 saturated carbocycles. The van der Waals surface area contributed by atoms with E-state index in [1.807, 2.05) is 63.2 Å². The maximum atomic E-state index is 12.5. The Morgan fingerprint density at radius 2 is 1.15 bits per heavy atom. The first-order valence-corrected chi connectivity index (χ1v) is 8.79. The second-order valence-corrected chi connectivity index (χ2v) is 6.62. The SMILES string of the molecule is Cc1ccc(NC(=O)c2ccc(C(=O)Nc3ccccc3C)cc2)c(C)c1. The van der Waals surface area contributed by atoms with Gasteiger partial charge in [-0.25, -0.2) is 0 Å². The van der Waals surface area contributed by atoms with E-state index in [2.05, 4.69) is 10.6 Å². The Hall–Kier alpha value is -3.40. The molecule has 0 atom stereocenters. The molecule has 27 heavy (non-hydrogen) atoms. The van der Waals surface area contributed by atoms with Crippen LogP contribution in [0.25, 0.3) is 0 Å². The molecular formula is C23H22N2O2. The number of carbonyl (C=O) groups is 2. The lowest BCUT2D eigenvalue weighted by atomic mass is 10.1.